The van der Waals surface area contributed by atoms with Gasteiger partial charge in [0.2, 0.25) is 5.95 Å². The van der Waals surface area contributed by atoms with Gasteiger partial charge in [-0.2, -0.15) is 5.26 Å². The minimum atomic E-state index is -0.489. The van der Waals surface area contributed by atoms with Crippen molar-refractivity contribution in [3.05, 3.63) is 82.9 Å². The van der Waals surface area contributed by atoms with Gasteiger partial charge in [-0.05, 0) is 74.0 Å². The zero-order chi connectivity index (χ0) is 27.1. The highest BCUT2D eigenvalue weighted by molar-refractivity contribution is 6.30. The third-order valence-electron chi connectivity index (χ3n) is 5.86. The van der Waals surface area contributed by atoms with Crippen molar-refractivity contribution in [1.82, 2.24) is 9.55 Å². The molecule has 0 fully saturated rings. The molecule has 3 amide bonds. The number of nitrogens with one attached hydrogen (secondary N) is 2. The summed E-state index contributed by atoms with van der Waals surface area (Å²) in [4.78, 5) is 32.0. The number of ether oxygens (including phenoxy) is 1. The predicted molar refractivity (Wildman–Crippen MR) is 149 cm³/mol. The molecule has 3 aromatic carbocycles. The molecule has 4 aromatic rings. The predicted octanol–water partition coefficient (Wildman–Crippen LogP) is 5.91. The summed E-state index contributed by atoms with van der Waals surface area (Å²) in [5.41, 5.74) is 3.52. The fraction of sp³-hybridized carbons (Fsp3) is 0.214. The highest BCUT2D eigenvalue weighted by atomic mass is 35.5. The van der Waals surface area contributed by atoms with E-state index in [0.717, 1.165) is 11.9 Å². The van der Waals surface area contributed by atoms with E-state index in [1.807, 2.05) is 29.7 Å². The lowest BCUT2D eigenvalue weighted by molar-refractivity contribution is 0.0993. The van der Waals surface area contributed by atoms with Crippen LogP contribution in [0.1, 0.15) is 29.3 Å². The topological polar surface area (TPSA) is 112 Å². The Morgan fingerprint density at radius 2 is 1.89 bits per heavy atom. The Morgan fingerprint density at radius 1 is 1.11 bits per heavy atom. The Kier molecular flexibility index (Phi) is 8.58. The summed E-state index contributed by atoms with van der Waals surface area (Å²) >= 11 is 5.95. The number of nitrogens with zero attached hydrogens (tertiary/aromatic N) is 4. The van der Waals surface area contributed by atoms with Crippen LogP contribution in [-0.4, -0.2) is 41.8 Å². The van der Waals surface area contributed by atoms with E-state index in [4.69, 9.17) is 21.6 Å². The van der Waals surface area contributed by atoms with E-state index in [9.17, 15) is 9.59 Å². The van der Waals surface area contributed by atoms with Gasteiger partial charge in [0.1, 0.15) is 0 Å². The van der Waals surface area contributed by atoms with Crippen LogP contribution in [0.3, 0.4) is 0 Å². The third kappa shape index (κ3) is 6.29. The first-order valence-electron chi connectivity index (χ1n) is 12.1. The number of imidazole rings is 1. The minimum Gasteiger partial charge on any atom is -0.382 e. The summed E-state index contributed by atoms with van der Waals surface area (Å²) in [6.07, 6.45) is 0.719. The average Bonchev–Trinajstić information content (AvgIpc) is 3.26. The van der Waals surface area contributed by atoms with Crippen LogP contribution in [0.15, 0.2) is 66.7 Å². The number of carbonyl (C=O) groups excluding carboxylic acids is 2. The Hall–Kier alpha value is -4.39. The molecule has 9 nitrogen and oxygen atoms in total. The van der Waals surface area contributed by atoms with Gasteiger partial charge in [-0.15, -0.1) is 0 Å². The number of rotatable bonds is 9. The first-order valence-corrected chi connectivity index (χ1v) is 12.5. The van der Waals surface area contributed by atoms with Gasteiger partial charge in [-0.1, -0.05) is 17.7 Å². The Bertz CT molecular complexity index is 1490. The molecule has 2 N–H and O–H groups in total. The normalized spacial score (nSPS) is 10.7. The lowest BCUT2D eigenvalue weighted by atomic mass is 10.2. The van der Waals surface area contributed by atoms with Gasteiger partial charge in [-0.3, -0.25) is 10.1 Å². The second-order valence-corrected chi connectivity index (χ2v) is 8.89. The van der Waals surface area contributed by atoms with Crippen molar-refractivity contribution in [3.63, 3.8) is 0 Å². The van der Waals surface area contributed by atoms with Gasteiger partial charge in [0.05, 0.1) is 22.7 Å². The molecule has 0 saturated carbocycles. The molecule has 10 heteroatoms. The van der Waals surface area contributed by atoms with Crippen molar-refractivity contribution in [3.8, 4) is 6.07 Å². The van der Waals surface area contributed by atoms with E-state index in [2.05, 4.69) is 21.7 Å². The van der Waals surface area contributed by atoms with Crippen LogP contribution in [0.25, 0.3) is 11.0 Å². The largest absolute Gasteiger partial charge is 0.382 e. The molecule has 0 aliphatic carbocycles. The van der Waals surface area contributed by atoms with Crippen molar-refractivity contribution in [2.75, 3.05) is 35.8 Å². The summed E-state index contributed by atoms with van der Waals surface area (Å²) in [5, 5.41) is 15.2. The number of amides is 3. The van der Waals surface area contributed by atoms with Crippen molar-refractivity contribution >= 4 is 51.9 Å². The zero-order valence-electron chi connectivity index (χ0n) is 21.1. The number of urea groups is 1. The summed E-state index contributed by atoms with van der Waals surface area (Å²) < 4.78 is 7.39. The lowest BCUT2D eigenvalue weighted by Crippen LogP contribution is -2.26. The quantitative estimate of drug-likeness (QED) is 0.261. The standard InChI is InChI=1S/C28H27ClN6O3/c1-3-38-15-5-14-35-25-13-12-23(34(2)26(36)20-8-10-21(29)11-9-20)17-24(25)32-27(35)33-28(37)31-22-7-4-6-19(16-22)18-30/h4,6-13,16-17H,3,5,14-15H2,1-2H3,(H2,31,32,33,37). The molecule has 0 radical (unpaired) electrons. The van der Waals surface area contributed by atoms with Crippen molar-refractivity contribution in [2.45, 2.75) is 19.9 Å². The van der Waals surface area contributed by atoms with E-state index in [0.29, 0.717) is 58.7 Å². The molecule has 38 heavy (non-hydrogen) atoms. The van der Waals surface area contributed by atoms with Crippen LogP contribution in [0.5, 0.6) is 0 Å². The number of hydrogen-bond donors (Lipinski definition) is 2. The number of halogens is 1. The second-order valence-electron chi connectivity index (χ2n) is 8.45. The number of anilines is 3. The van der Waals surface area contributed by atoms with E-state index in [1.54, 1.807) is 60.5 Å². The molecule has 0 spiro atoms. The fourth-order valence-electron chi connectivity index (χ4n) is 3.95. The molecule has 0 atom stereocenters. The maximum Gasteiger partial charge on any atom is 0.326 e. The van der Waals surface area contributed by atoms with Crippen LogP contribution in [0, 0.1) is 11.3 Å². The first-order chi connectivity index (χ1) is 18.4. The fourth-order valence-corrected chi connectivity index (χ4v) is 4.08. The van der Waals surface area contributed by atoms with Crippen LogP contribution in [0.2, 0.25) is 5.02 Å². The molecule has 0 unspecified atom stereocenters. The molecule has 0 saturated heterocycles. The SMILES string of the molecule is CCOCCCn1c(NC(=O)Nc2cccc(C#N)c2)nc2cc(N(C)C(=O)c3ccc(Cl)cc3)ccc21. The van der Waals surface area contributed by atoms with Gasteiger partial charge in [0.25, 0.3) is 5.91 Å². The van der Waals surface area contributed by atoms with E-state index >= 15 is 0 Å². The highest BCUT2D eigenvalue weighted by Crippen LogP contribution is 2.26. The van der Waals surface area contributed by atoms with E-state index < -0.39 is 6.03 Å². The minimum absolute atomic E-state index is 0.186. The number of benzene rings is 3. The van der Waals surface area contributed by atoms with Crippen molar-refractivity contribution in [2.24, 2.45) is 0 Å². The summed E-state index contributed by atoms with van der Waals surface area (Å²) in [5.74, 6) is 0.170. The summed E-state index contributed by atoms with van der Waals surface area (Å²) in [6.45, 7) is 3.69. The van der Waals surface area contributed by atoms with E-state index in [1.165, 1.54) is 0 Å². The molecule has 0 aliphatic heterocycles. The van der Waals surface area contributed by atoms with Crippen molar-refractivity contribution in [1.29, 1.82) is 5.26 Å². The highest BCUT2D eigenvalue weighted by Gasteiger charge is 2.18. The number of nitriles is 1. The monoisotopic (exact) mass is 530 g/mol. The lowest BCUT2D eigenvalue weighted by Gasteiger charge is -2.17. The van der Waals surface area contributed by atoms with Gasteiger partial charge < -0.3 is 19.5 Å². The Morgan fingerprint density at radius 3 is 2.63 bits per heavy atom. The first kappa shape index (κ1) is 26.7. The molecule has 1 aromatic heterocycles. The van der Waals surface area contributed by atoms with Crippen LogP contribution < -0.4 is 15.5 Å². The molecule has 0 bridgehead atoms. The summed E-state index contributed by atoms with van der Waals surface area (Å²) in [7, 11) is 1.69. The molecular weight excluding hydrogens is 504 g/mol. The molecule has 0 aliphatic rings. The van der Waals surface area contributed by atoms with Crippen molar-refractivity contribution < 1.29 is 14.3 Å². The number of aryl methyl sites for hydroxylation is 1. The van der Waals surface area contributed by atoms with Gasteiger partial charge in [0.15, 0.2) is 0 Å². The summed E-state index contributed by atoms with van der Waals surface area (Å²) in [6, 6.07) is 20.4. The molecule has 4 rings (SSSR count). The number of carbonyl (C=O) groups is 2. The van der Waals surface area contributed by atoms with Gasteiger partial charge >= 0.3 is 6.03 Å². The maximum atomic E-state index is 13.0. The molecular formula is C28H27ClN6O3. The van der Waals surface area contributed by atoms with E-state index in [-0.39, 0.29) is 5.91 Å². The smallest absolute Gasteiger partial charge is 0.326 e. The van der Waals surface area contributed by atoms with Crippen LogP contribution >= 0.6 is 11.6 Å². The van der Waals surface area contributed by atoms with Crippen LogP contribution in [0.4, 0.5) is 22.1 Å². The molecule has 1 heterocycles. The average molecular weight is 531 g/mol. The molecule has 194 valence electrons. The zero-order valence-corrected chi connectivity index (χ0v) is 21.8. The maximum absolute atomic E-state index is 13.0. The number of hydrogen-bond acceptors (Lipinski definition) is 5. The van der Waals surface area contributed by atoms with Crippen LogP contribution in [-0.2, 0) is 11.3 Å². The second kappa shape index (κ2) is 12.2. The van der Waals surface area contributed by atoms with Gasteiger partial charge in [-0.25, -0.2) is 9.78 Å². The van der Waals surface area contributed by atoms with Gasteiger partial charge in [0, 0.05) is 48.8 Å². The number of aromatic nitrogens is 2. The third-order valence-corrected chi connectivity index (χ3v) is 6.12. The Balaban J connectivity index is 1.60. The number of fused-ring (bicyclic) bond motifs is 1. The Labute approximate surface area is 225 Å².